The molecule has 6 heteroatoms. The van der Waals surface area contributed by atoms with Gasteiger partial charge in [-0.05, 0) is 18.6 Å². The molecule has 0 spiro atoms. The molecule has 0 saturated heterocycles. The molecule has 0 aliphatic rings. The van der Waals surface area contributed by atoms with Gasteiger partial charge in [-0.2, -0.15) is 0 Å². The minimum Gasteiger partial charge on any atom is -0.389 e. The van der Waals surface area contributed by atoms with Gasteiger partial charge in [0, 0.05) is 24.3 Å². The molecule has 17 heavy (non-hydrogen) atoms. The Hall–Kier alpha value is -1.82. The summed E-state index contributed by atoms with van der Waals surface area (Å²) in [7, 11) is 0. The van der Waals surface area contributed by atoms with E-state index >= 15 is 0 Å². The summed E-state index contributed by atoms with van der Waals surface area (Å²) >= 11 is 4.98. The minimum atomic E-state index is -0.536. The van der Waals surface area contributed by atoms with Crippen LogP contribution in [0.3, 0.4) is 0 Å². The second-order valence-corrected chi connectivity index (χ2v) is 4.02. The summed E-state index contributed by atoms with van der Waals surface area (Å²) in [4.78, 5) is 10.8. The van der Waals surface area contributed by atoms with Crippen molar-refractivity contribution < 1.29 is 4.79 Å². The predicted molar refractivity (Wildman–Crippen MR) is 73.1 cm³/mol. The summed E-state index contributed by atoms with van der Waals surface area (Å²) in [6, 6.07) is 5.19. The smallest absolute Gasteiger partial charge is 0.312 e. The number of rotatable bonds is 5. The summed E-state index contributed by atoms with van der Waals surface area (Å²) in [6.07, 6.45) is 0. The molecular weight excluding hydrogens is 236 g/mol. The zero-order chi connectivity index (χ0) is 12.8. The lowest BCUT2D eigenvalue weighted by Crippen LogP contribution is -2.33. The molecule has 0 heterocycles. The van der Waals surface area contributed by atoms with E-state index < -0.39 is 6.03 Å². The van der Waals surface area contributed by atoms with Crippen molar-refractivity contribution in [3.8, 4) is 0 Å². The number of hydrogen-bond donors (Lipinski definition) is 4. The van der Waals surface area contributed by atoms with Crippen LogP contribution in [0.25, 0.3) is 0 Å². The van der Waals surface area contributed by atoms with E-state index in [0.717, 1.165) is 16.8 Å². The van der Waals surface area contributed by atoms with Crippen LogP contribution in [-0.2, 0) is 0 Å². The molecule has 0 aliphatic heterocycles. The minimum absolute atomic E-state index is 0.346. The molecule has 0 unspecified atom stereocenters. The molecule has 92 valence electrons. The number of primary amides is 1. The van der Waals surface area contributed by atoms with Gasteiger partial charge in [0.25, 0.3) is 0 Å². The monoisotopic (exact) mass is 252 g/mol. The van der Waals surface area contributed by atoms with Crippen LogP contribution in [-0.4, -0.2) is 24.1 Å². The molecule has 6 N–H and O–H groups in total. The van der Waals surface area contributed by atoms with Crippen molar-refractivity contribution in [3.05, 3.63) is 29.3 Å². The second kappa shape index (κ2) is 6.05. The van der Waals surface area contributed by atoms with Crippen LogP contribution in [0.4, 0.5) is 10.5 Å². The number of anilines is 1. The van der Waals surface area contributed by atoms with E-state index in [1.54, 1.807) is 0 Å². The molecule has 0 bridgehead atoms. The van der Waals surface area contributed by atoms with Gasteiger partial charge in [-0.1, -0.05) is 24.4 Å². The van der Waals surface area contributed by atoms with Crippen LogP contribution < -0.4 is 22.1 Å². The Bertz CT molecular complexity index is 433. The SMILES string of the molecule is Cc1cccc(C(N)=S)c1NCCNC(N)=O. The summed E-state index contributed by atoms with van der Waals surface area (Å²) in [6.45, 7) is 2.97. The Balaban J connectivity index is 2.69. The van der Waals surface area contributed by atoms with Crippen LogP contribution in [0.2, 0.25) is 0 Å². The van der Waals surface area contributed by atoms with Crippen molar-refractivity contribution in [2.45, 2.75) is 6.92 Å². The number of urea groups is 1. The predicted octanol–water partition coefficient (Wildman–Crippen LogP) is 0.709. The average molecular weight is 252 g/mol. The fourth-order valence-corrected chi connectivity index (χ4v) is 1.65. The summed E-state index contributed by atoms with van der Waals surface area (Å²) < 4.78 is 0. The molecule has 0 aliphatic carbocycles. The van der Waals surface area contributed by atoms with Gasteiger partial charge in [0.05, 0.1) is 0 Å². The van der Waals surface area contributed by atoms with E-state index in [0.29, 0.717) is 18.1 Å². The number of nitrogens with two attached hydrogens (primary N) is 2. The van der Waals surface area contributed by atoms with Crippen molar-refractivity contribution in [2.75, 3.05) is 18.4 Å². The van der Waals surface area contributed by atoms with Crippen molar-refractivity contribution >= 4 is 28.9 Å². The van der Waals surface area contributed by atoms with Gasteiger partial charge in [0.2, 0.25) is 0 Å². The van der Waals surface area contributed by atoms with Crippen LogP contribution in [0.15, 0.2) is 18.2 Å². The number of thiocarbonyl (C=S) groups is 1. The highest BCUT2D eigenvalue weighted by Crippen LogP contribution is 2.19. The summed E-state index contributed by atoms with van der Waals surface area (Å²) in [5.41, 5.74) is 13.3. The lowest BCUT2D eigenvalue weighted by molar-refractivity contribution is 0.249. The van der Waals surface area contributed by atoms with E-state index in [4.69, 9.17) is 23.7 Å². The number of aryl methyl sites for hydroxylation is 1. The van der Waals surface area contributed by atoms with E-state index in [1.807, 2.05) is 25.1 Å². The Morgan fingerprint density at radius 2 is 2.06 bits per heavy atom. The first-order chi connectivity index (χ1) is 8.02. The third kappa shape index (κ3) is 3.92. The van der Waals surface area contributed by atoms with Crippen molar-refractivity contribution in [2.24, 2.45) is 11.5 Å². The highest BCUT2D eigenvalue weighted by atomic mass is 32.1. The fraction of sp³-hybridized carbons (Fsp3) is 0.273. The van der Waals surface area contributed by atoms with Crippen molar-refractivity contribution in [1.29, 1.82) is 0 Å². The largest absolute Gasteiger partial charge is 0.389 e. The normalized spacial score (nSPS) is 9.71. The maximum absolute atomic E-state index is 10.5. The van der Waals surface area contributed by atoms with Gasteiger partial charge in [-0.15, -0.1) is 0 Å². The van der Waals surface area contributed by atoms with E-state index in [2.05, 4.69) is 10.6 Å². The zero-order valence-corrected chi connectivity index (χ0v) is 10.4. The number of carbonyl (C=O) groups excluding carboxylic acids is 1. The maximum atomic E-state index is 10.5. The topological polar surface area (TPSA) is 93.2 Å². The quantitative estimate of drug-likeness (QED) is 0.458. The molecule has 0 aromatic heterocycles. The van der Waals surface area contributed by atoms with Gasteiger partial charge in [0.1, 0.15) is 4.99 Å². The van der Waals surface area contributed by atoms with E-state index in [9.17, 15) is 4.79 Å². The number of carbonyl (C=O) groups is 1. The average Bonchev–Trinajstić information content (AvgIpc) is 2.25. The number of nitrogens with one attached hydrogen (secondary N) is 2. The lowest BCUT2D eigenvalue weighted by Gasteiger charge is -2.14. The molecule has 0 saturated carbocycles. The first-order valence-corrected chi connectivity index (χ1v) is 5.59. The third-order valence-electron chi connectivity index (χ3n) is 2.26. The van der Waals surface area contributed by atoms with Crippen LogP contribution in [0, 0.1) is 6.92 Å². The fourth-order valence-electron chi connectivity index (χ4n) is 1.48. The molecular formula is C11H16N4OS. The first kappa shape index (κ1) is 13.2. The Kier molecular flexibility index (Phi) is 4.71. The number of benzene rings is 1. The highest BCUT2D eigenvalue weighted by Gasteiger charge is 2.06. The van der Waals surface area contributed by atoms with E-state index in [-0.39, 0.29) is 0 Å². The van der Waals surface area contributed by atoms with Crippen LogP contribution in [0.5, 0.6) is 0 Å². The molecule has 1 aromatic rings. The van der Waals surface area contributed by atoms with E-state index in [1.165, 1.54) is 0 Å². The third-order valence-corrected chi connectivity index (χ3v) is 2.48. The highest BCUT2D eigenvalue weighted by molar-refractivity contribution is 7.80. The van der Waals surface area contributed by atoms with Crippen molar-refractivity contribution in [1.82, 2.24) is 5.32 Å². The molecule has 1 rings (SSSR count). The van der Waals surface area contributed by atoms with Gasteiger partial charge >= 0.3 is 6.03 Å². The zero-order valence-electron chi connectivity index (χ0n) is 9.62. The molecule has 0 fully saturated rings. The Morgan fingerprint density at radius 1 is 1.35 bits per heavy atom. The molecule has 0 atom stereocenters. The molecule has 0 radical (unpaired) electrons. The van der Waals surface area contributed by atoms with Crippen LogP contribution >= 0.6 is 12.2 Å². The van der Waals surface area contributed by atoms with Gasteiger partial charge in [-0.25, -0.2) is 4.79 Å². The lowest BCUT2D eigenvalue weighted by atomic mass is 10.1. The van der Waals surface area contributed by atoms with Gasteiger partial charge < -0.3 is 22.1 Å². The Morgan fingerprint density at radius 3 is 2.65 bits per heavy atom. The van der Waals surface area contributed by atoms with Crippen LogP contribution in [0.1, 0.15) is 11.1 Å². The maximum Gasteiger partial charge on any atom is 0.312 e. The van der Waals surface area contributed by atoms with Gasteiger partial charge in [-0.3, -0.25) is 0 Å². The summed E-state index contributed by atoms with van der Waals surface area (Å²) in [5, 5.41) is 5.68. The van der Waals surface area contributed by atoms with Gasteiger partial charge in [0.15, 0.2) is 0 Å². The number of amides is 2. The summed E-state index contributed by atoms with van der Waals surface area (Å²) in [5.74, 6) is 0. The first-order valence-electron chi connectivity index (χ1n) is 5.19. The number of hydrogen-bond acceptors (Lipinski definition) is 3. The molecule has 2 amide bonds. The standard InChI is InChI=1S/C11H16N4OS/c1-7-3-2-4-8(10(12)17)9(7)14-5-6-15-11(13)16/h2-4,14H,5-6H2,1H3,(H2,12,17)(H3,13,15,16). The molecule has 5 nitrogen and oxygen atoms in total. The second-order valence-electron chi connectivity index (χ2n) is 3.58. The Labute approximate surface area is 106 Å². The molecule has 1 aromatic carbocycles. The van der Waals surface area contributed by atoms with Crippen molar-refractivity contribution in [3.63, 3.8) is 0 Å². The number of para-hydroxylation sites is 1.